The zero-order valence-corrected chi connectivity index (χ0v) is 13.7. The maximum Gasteiger partial charge on any atom is 0.242 e. The van der Waals surface area contributed by atoms with E-state index in [1.165, 1.54) is 12.6 Å². The number of sulfonamides is 1. The number of anilines is 1. The van der Waals surface area contributed by atoms with E-state index in [-0.39, 0.29) is 10.3 Å². The summed E-state index contributed by atoms with van der Waals surface area (Å²) in [4.78, 5) is 4.38. The molecule has 0 spiro atoms. The number of hydrogen-bond donors (Lipinski definition) is 2. The molecule has 0 bridgehead atoms. The summed E-state index contributed by atoms with van der Waals surface area (Å²) < 4.78 is 27.3. The van der Waals surface area contributed by atoms with E-state index in [2.05, 4.69) is 28.9 Å². The third-order valence-electron chi connectivity index (χ3n) is 4.40. The summed E-state index contributed by atoms with van der Waals surface area (Å²) in [6.45, 7) is 5.56. The van der Waals surface area contributed by atoms with Crippen LogP contribution in [0, 0.1) is 5.41 Å². The number of pyridine rings is 1. The van der Waals surface area contributed by atoms with E-state index >= 15 is 0 Å². The highest BCUT2D eigenvalue weighted by molar-refractivity contribution is 7.89. The molecule has 0 unspecified atom stereocenters. The first kappa shape index (κ1) is 16.2. The molecule has 118 valence electrons. The second-order valence-corrected chi connectivity index (χ2v) is 7.60. The molecule has 21 heavy (non-hydrogen) atoms. The molecule has 1 aliphatic rings. The zero-order chi connectivity index (χ0) is 15.3. The van der Waals surface area contributed by atoms with Gasteiger partial charge < -0.3 is 5.32 Å². The van der Waals surface area contributed by atoms with Crippen molar-refractivity contribution in [2.45, 2.75) is 50.8 Å². The van der Waals surface area contributed by atoms with Gasteiger partial charge in [-0.25, -0.2) is 18.1 Å². The summed E-state index contributed by atoms with van der Waals surface area (Å²) in [7, 11) is -3.46. The average molecular weight is 311 g/mol. The Balaban J connectivity index is 1.98. The summed E-state index contributed by atoms with van der Waals surface area (Å²) in [5, 5.41) is 3.13. The normalized spacial score (nSPS) is 17.2. The molecule has 0 atom stereocenters. The first-order valence-corrected chi connectivity index (χ1v) is 9.19. The highest BCUT2D eigenvalue weighted by Gasteiger charge is 2.36. The number of nitrogens with one attached hydrogen (secondary N) is 2. The summed E-state index contributed by atoms with van der Waals surface area (Å²) in [5.74, 6) is 0.708. The van der Waals surface area contributed by atoms with Crippen molar-refractivity contribution in [2.24, 2.45) is 5.41 Å². The van der Waals surface area contributed by atoms with E-state index in [0.29, 0.717) is 12.4 Å². The van der Waals surface area contributed by atoms with Gasteiger partial charge in [0.25, 0.3) is 0 Å². The molecule has 1 saturated carbocycles. The Morgan fingerprint density at radius 1 is 1.29 bits per heavy atom. The van der Waals surface area contributed by atoms with Crippen LogP contribution in [0.3, 0.4) is 0 Å². The van der Waals surface area contributed by atoms with Crippen molar-refractivity contribution in [1.82, 2.24) is 9.71 Å². The van der Waals surface area contributed by atoms with E-state index in [9.17, 15) is 8.42 Å². The second kappa shape index (κ2) is 6.75. The third-order valence-corrected chi connectivity index (χ3v) is 5.79. The molecule has 2 N–H and O–H groups in total. The molecule has 1 aromatic rings. The van der Waals surface area contributed by atoms with Crippen LogP contribution in [0.1, 0.15) is 46.0 Å². The van der Waals surface area contributed by atoms with E-state index in [1.807, 2.05) is 0 Å². The molecule has 1 aromatic heterocycles. The van der Waals surface area contributed by atoms with Crippen LogP contribution in [0.5, 0.6) is 0 Å². The molecule has 0 aliphatic heterocycles. The Morgan fingerprint density at radius 2 is 2.05 bits per heavy atom. The maximum absolute atomic E-state index is 12.3. The largest absolute Gasteiger partial charge is 0.370 e. The maximum atomic E-state index is 12.3. The zero-order valence-electron chi connectivity index (χ0n) is 12.9. The monoisotopic (exact) mass is 311 g/mol. The van der Waals surface area contributed by atoms with Gasteiger partial charge in [-0.15, -0.1) is 0 Å². The first-order valence-electron chi connectivity index (χ1n) is 7.71. The van der Waals surface area contributed by atoms with Crippen LogP contribution in [0.25, 0.3) is 0 Å². The van der Waals surface area contributed by atoms with Gasteiger partial charge in [0, 0.05) is 19.3 Å². The molecular formula is C15H25N3O2S. The van der Waals surface area contributed by atoms with Gasteiger partial charge in [-0.05, 0) is 43.2 Å². The molecule has 0 saturated heterocycles. The van der Waals surface area contributed by atoms with Crippen molar-refractivity contribution in [3.05, 3.63) is 18.3 Å². The lowest BCUT2D eigenvalue weighted by Gasteiger charge is -2.41. The van der Waals surface area contributed by atoms with E-state index < -0.39 is 10.0 Å². The van der Waals surface area contributed by atoms with Gasteiger partial charge in [0.15, 0.2) is 0 Å². The molecule has 2 rings (SSSR count). The minimum atomic E-state index is -3.46. The summed E-state index contributed by atoms with van der Waals surface area (Å²) in [6.07, 6.45) is 6.87. The smallest absolute Gasteiger partial charge is 0.242 e. The molecule has 1 heterocycles. The predicted octanol–water partition coefficient (Wildman–Crippen LogP) is 2.76. The van der Waals surface area contributed by atoms with Gasteiger partial charge in [-0.2, -0.15) is 0 Å². The Morgan fingerprint density at radius 3 is 2.52 bits per heavy atom. The fourth-order valence-corrected chi connectivity index (χ4v) is 3.66. The molecular weight excluding hydrogens is 286 g/mol. The third kappa shape index (κ3) is 3.95. The number of hydrogen-bond acceptors (Lipinski definition) is 4. The molecule has 1 aliphatic carbocycles. The second-order valence-electron chi connectivity index (χ2n) is 5.84. The SMILES string of the molecule is CCCNc1ccc(S(=O)(=O)NCC2(CC)CCC2)cn1. The lowest BCUT2D eigenvalue weighted by molar-refractivity contribution is 0.133. The van der Waals surface area contributed by atoms with Gasteiger partial charge in [-0.1, -0.05) is 20.3 Å². The van der Waals surface area contributed by atoms with E-state index in [1.54, 1.807) is 12.1 Å². The fraction of sp³-hybridized carbons (Fsp3) is 0.667. The van der Waals surface area contributed by atoms with Crippen molar-refractivity contribution >= 4 is 15.8 Å². The van der Waals surface area contributed by atoms with Crippen molar-refractivity contribution < 1.29 is 8.42 Å². The van der Waals surface area contributed by atoms with E-state index in [0.717, 1.165) is 32.2 Å². The molecule has 5 nitrogen and oxygen atoms in total. The lowest BCUT2D eigenvalue weighted by Crippen LogP contribution is -2.41. The van der Waals surface area contributed by atoms with Crippen molar-refractivity contribution in [2.75, 3.05) is 18.4 Å². The molecule has 6 heteroatoms. The lowest BCUT2D eigenvalue weighted by atomic mass is 9.67. The van der Waals surface area contributed by atoms with Crippen LogP contribution in [-0.4, -0.2) is 26.5 Å². The summed E-state index contributed by atoms with van der Waals surface area (Å²) in [5.41, 5.74) is 0.170. The quantitative estimate of drug-likeness (QED) is 0.774. The van der Waals surface area contributed by atoms with Crippen LogP contribution in [0.15, 0.2) is 23.2 Å². The molecule has 0 radical (unpaired) electrons. The first-order chi connectivity index (χ1) is 10.0. The van der Waals surface area contributed by atoms with Crippen LogP contribution in [0.4, 0.5) is 5.82 Å². The Bertz CT molecular complexity index is 545. The van der Waals surface area contributed by atoms with Crippen LogP contribution >= 0.6 is 0 Å². The number of aromatic nitrogens is 1. The summed E-state index contributed by atoms with van der Waals surface area (Å²) >= 11 is 0. The minimum Gasteiger partial charge on any atom is -0.370 e. The van der Waals surface area contributed by atoms with Gasteiger partial charge in [-0.3, -0.25) is 0 Å². The molecule has 0 aromatic carbocycles. The Hall–Kier alpha value is -1.14. The highest BCUT2D eigenvalue weighted by Crippen LogP contribution is 2.43. The highest BCUT2D eigenvalue weighted by atomic mass is 32.2. The Labute approximate surface area is 127 Å². The minimum absolute atomic E-state index is 0.170. The van der Waals surface area contributed by atoms with Gasteiger partial charge in [0.2, 0.25) is 10.0 Å². The average Bonchev–Trinajstić information content (AvgIpc) is 2.45. The van der Waals surface area contributed by atoms with Crippen LogP contribution < -0.4 is 10.0 Å². The predicted molar refractivity (Wildman–Crippen MR) is 84.8 cm³/mol. The van der Waals surface area contributed by atoms with Gasteiger partial charge >= 0.3 is 0 Å². The number of nitrogens with zero attached hydrogens (tertiary/aromatic N) is 1. The number of rotatable bonds is 8. The Kier molecular flexibility index (Phi) is 5.22. The molecule has 0 amide bonds. The molecule has 1 fully saturated rings. The van der Waals surface area contributed by atoms with Crippen LogP contribution in [0.2, 0.25) is 0 Å². The van der Waals surface area contributed by atoms with Crippen molar-refractivity contribution in [3.63, 3.8) is 0 Å². The standard InChI is InChI=1S/C15H25N3O2S/c1-3-10-16-14-7-6-13(11-17-14)21(19,20)18-12-15(4-2)8-5-9-15/h6-7,11,18H,3-5,8-10,12H2,1-2H3,(H,16,17). The van der Waals surface area contributed by atoms with Crippen molar-refractivity contribution in [1.29, 1.82) is 0 Å². The van der Waals surface area contributed by atoms with Crippen molar-refractivity contribution in [3.8, 4) is 0 Å². The summed E-state index contributed by atoms with van der Waals surface area (Å²) in [6, 6.07) is 3.32. The van der Waals surface area contributed by atoms with Gasteiger partial charge in [0.1, 0.15) is 10.7 Å². The van der Waals surface area contributed by atoms with Crippen LogP contribution in [-0.2, 0) is 10.0 Å². The van der Waals surface area contributed by atoms with Gasteiger partial charge in [0.05, 0.1) is 0 Å². The fourth-order valence-electron chi connectivity index (χ4n) is 2.56. The van der Waals surface area contributed by atoms with E-state index in [4.69, 9.17) is 0 Å². The topological polar surface area (TPSA) is 71.1 Å².